The lowest BCUT2D eigenvalue weighted by Crippen LogP contribution is -2.11. The molecule has 0 spiro atoms. The molecule has 1 unspecified atom stereocenters. The molecule has 0 saturated carbocycles. The molecule has 0 bridgehead atoms. The van der Waals surface area contributed by atoms with Gasteiger partial charge in [0.25, 0.3) is 0 Å². The first-order valence-corrected chi connectivity index (χ1v) is 11.4. The van der Waals surface area contributed by atoms with Crippen molar-refractivity contribution in [3.8, 4) is 34.6 Å². The van der Waals surface area contributed by atoms with Gasteiger partial charge in [-0.3, -0.25) is 4.68 Å². The fraction of sp³-hybridized carbons (Fsp3) is 0.308. The second kappa shape index (κ2) is 10.8. The highest BCUT2D eigenvalue weighted by molar-refractivity contribution is 5.97. The van der Waals surface area contributed by atoms with Crippen molar-refractivity contribution >= 4 is 11.6 Å². The van der Waals surface area contributed by atoms with Crippen molar-refractivity contribution in [3.05, 3.63) is 60.2 Å². The normalized spacial score (nSPS) is 11.7. The third kappa shape index (κ3) is 5.34. The van der Waals surface area contributed by atoms with E-state index in [1.807, 2.05) is 25.1 Å². The summed E-state index contributed by atoms with van der Waals surface area (Å²) in [6, 6.07) is 7.30. The number of fused-ring (bicyclic) bond motifs is 1. The molecule has 4 aromatic rings. The summed E-state index contributed by atoms with van der Waals surface area (Å²) in [4.78, 5) is 17.3. The van der Waals surface area contributed by atoms with Gasteiger partial charge in [0.1, 0.15) is 17.0 Å². The van der Waals surface area contributed by atoms with Crippen molar-refractivity contribution < 1.29 is 19.4 Å². The Morgan fingerprint density at radius 2 is 2.14 bits per heavy atom. The van der Waals surface area contributed by atoms with Crippen LogP contribution in [0.1, 0.15) is 42.6 Å². The zero-order valence-electron chi connectivity index (χ0n) is 19.9. The monoisotopic (exact) mass is 473 g/mol. The number of esters is 1. The van der Waals surface area contributed by atoms with Gasteiger partial charge in [-0.2, -0.15) is 10.2 Å². The quantitative estimate of drug-likeness (QED) is 0.308. The van der Waals surface area contributed by atoms with Crippen molar-refractivity contribution in [3.63, 3.8) is 0 Å². The van der Waals surface area contributed by atoms with E-state index in [1.165, 1.54) is 10.7 Å². The molecule has 9 heteroatoms. The van der Waals surface area contributed by atoms with Crippen LogP contribution >= 0.6 is 0 Å². The number of hydrogen-bond acceptors (Lipinski definition) is 7. The van der Waals surface area contributed by atoms with Gasteiger partial charge in [-0.1, -0.05) is 25.7 Å². The number of carbonyl (C=O) groups excluding carboxylic acids is 1. The Labute approximate surface area is 203 Å². The summed E-state index contributed by atoms with van der Waals surface area (Å²) in [6.45, 7) is 4.43. The maximum atomic E-state index is 13.1. The fourth-order valence-electron chi connectivity index (χ4n) is 3.52. The minimum atomic E-state index is -0.604. The van der Waals surface area contributed by atoms with E-state index in [0.717, 1.165) is 18.4 Å². The van der Waals surface area contributed by atoms with Crippen LogP contribution in [0.5, 0.6) is 11.5 Å². The summed E-state index contributed by atoms with van der Waals surface area (Å²) in [5.41, 5.74) is 2.51. The molecule has 0 saturated heterocycles. The molecule has 0 aliphatic carbocycles. The Kier molecular flexibility index (Phi) is 7.43. The Balaban J connectivity index is 1.76. The highest BCUT2D eigenvalue weighted by Gasteiger charge is 2.23. The molecule has 1 N–H and O–H groups in total. The van der Waals surface area contributed by atoms with Crippen LogP contribution in [-0.4, -0.2) is 49.2 Å². The molecular weight excluding hydrogens is 446 g/mol. The van der Waals surface area contributed by atoms with Gasteiger partial charge in [-0.25, -0.2) is 14.3 Å². The first-order chi connectivity index (χ1) is 17.0. The Morgan fingerprint density at radius 1 is 1.29 bits per heavy atom. The predicted octanol–water partition coefficient (Wildman–Crippen LogP) is 3.60. The maximum Gasteiger partial charge on any atom is 0.349 e. The molecule has 0 radical (unpaired) electrons. The second-order valence-corrected chi connectivity index (χ2v) is 8.15. The van der Waals surface area contributed by atoms with E-state index in [1.54, 1.807) is 36.4 Å². The van der Waals surface area contributed by atoms with E-state index >= 15 is 0 Å². The zero-order valence-corrected chi connectivity index (χ0v) is 19.9. The SMILES string of the molecule is CCCC#Cc1ccc(OC)c(-c2nn(CC(C)CO)cc2OC(=O)c2cnn3cccnc23)c1. The summed E-state index contributed by atoms with van der Waals surface area (Å²) in [6.07, 6.45) is 8.13. The van der Waals surface area contributed by atoms with Crippen LogP contribution < -0.4 is 9.47 Å². The minimum absolute atomic E-state index is 0.00417. The van der Waals surface area contributed by atoms with Crippen molar-refractivity contribution in [1.29, 1.82) is 0 Å². The zero-order chi connectivity index (χ0) is 24.8. The number of unbranched alkanes of at least 4 members (excludes halogenated alkanes) is 1. The fourth-order valence-corrected chi connectivity index (χ4v) is 3.52. The molecule has 3 aromatic heterocycles. The molecule has 0 aliphatic rings. The predicted molar refractivity (Wildman–Crippen MR) is 130 cm³/mol. The van der Waals surface area contributed by atoms with E-state index in [9.17, 15) is 9.90 Å². The molecule has 0 aliphatic heterocycles. The molecule has 3 heterocycles. The Morgan fingerprint density at radius 3 is 2.91 bits per heavy atom. The number of hydrogen-bond donors (Lipinski definition) is 1. The van der Waals surface area contributed by atoms with Crippen LogP contribution in [0.4, 0.5) is 0 Å². The molecule has 9 nitrogen and oxygen atoms in total. The highest BCUT2D eigenvalue weighted by atomic mass is 16.5. The Bertz CT molecular complexity index is 1400. The topological polar surface area (TPSA) is 104 Å². The highest BCUT2D eigenvalue weighted by Crippen LogP contribution is 2.36. The third-order valence-corrected chi connectivity index (χ3v) is 5.30. The first kappa shape index (κ1) is 24.0. The largest absolute Gasteiger partial charge is 0.496 e. The molecule has 4 rings (SSSR count). The number of benzene rings is 1. The minimum Gasteiger partial charge on any atom is -0.496 e. The van der Waals surface area contributed by atoms with Gasteiger partial charge in [-0.05, 0) is 36.6 Å². The molecule has 1 atom stereocenters. The third-order valence-electron chi connectivity index (χ3n) is 5.30. The van der Waals surface area contributed by atoms with Gasteiger partial charge in [0.2, 0.25) is 0 Å². The van der Waals surface area contributed by atoms with Crippen molar-refractivity contribution in [2.75, 3.05) is 13.7 Å². The van der Waals surface area contributed by atoms with Crippen LogP contribution in [0.15, 0.2) is 49.1 Å². The summed E-state index contributed by atoms with van der Waals surface area (Å²) in [7, 11) is 1.57. The number of ether oxygens (including phenoxy) is 2. The van der Waals surface area contributed by atoms with E-state index in [0.29, 0.717) is 29.2 Å². The lowest BCUT2D eigenvalue weighted by atomic mass is 10.1. The van der Waals surface area contributed by atoms with Crippen molar-refractivity contribution in [2.24, 2.45) is 5.92 Å². The molecule has 0 amide bonds. The van der Waals surface area contributed by atoms with Crippen LogP contribution in [0.3, 0.4) is 0 Å². The Hall–Kier alpha value is -4.16. The number of carbonyl (C=O) groups is 1. The number of rotatable bonds is 8. The van der Waals surface area contributed by atoms with E-state index in [-0.39, 0.29) is 23.8 Å². The lowest BCUT2D eigenvalue weighted by Gasteiger charge is -2.09. The number of aliphatic hydroxyl groups is 1. The smallest absolute Gasteiger partial charge is 0.349 e. The van der Waals surface area contributed by atoms with Gasteiger partial charge in [0, 0.05) is 43.1 Å². The van der Waals surface area contributed by atoms with Gasteiger partial charge >= 0.3 is 5.97 Å². The number of aliphatic hydroxyl groups excluding tert-OH is 1. The molecule has 180 valence electrons. The average molecular weight is 474 g/mol. The molecule has 1 aromatic carbocycles. The van der Waals surface area contributed by atoms with Gasteiger partial charge < -0.3 is 14.6 Å². The standard InChI is InChI=1S/C26H27N5O4/c1-4-5-6-8-19-9-10-22(34-3)20(13-19)24-23(16-30(29-24)15-18(2)17-32)35-26(33)21-14-28-31-12-7-11-27-25(21)31/h7,9-14,16,18,32H,4-5,15,17H2,1-3H3. The van der Waals surface area contributed by atoms with E-state index < -0.39 is 5.97 Å². The summed E-state index contributed by atoms with van der Waals surface area (Å²) >= 11 is 0. The summed E-state index contributed by atoms with van der Waals surface area (Å²) in [5, 5.41) is 18.3. The first-order valence-electron chi connectivity index (χ1n) is 11.4. The number of methoxy groups -OCH3 is 1. The van der Waals surface area contributed by atoms with Crippen molar-refractivity contribution in [1.82, 2.24) is 24.4 Å². The van der Waals surface area contributed by atoms with Gasteiger partial charge in [-0.15, -0.1) is 0 Å². The molecule has 0 fully saturated rings. The molecule has 35 heavy (non-hydrogen) atoms. The summed E-state index contributed by atoms with van der Waals surface area (Å²) < 4.78 is 14.6. The van der Waals surface area contributed by atoms with Crippen molar-refractivity contribution in [2.45, 2.75) is 33.2 Å². The van der Waals surface area contributed by atoms with Gasteiger partial charge in [0.15, 0.2) is 11.4 Å². The second-order valence-electron chi connectivity index (χ2n) is 8.15. The van der Waals surface area contributed by atoms with E-state index in [2.05, 4.69) is 33.9 Å². The lowest BCUT2D eigenvalue weighted by molar-refractivity contribution is 0.0737. The summed E-state index contributed by atoms with van der Waals surface area (Å²) in [5.74, 6) is 6.49. The number of nitrogens with zero attached hydrogens (tertiary/aromatic N) is 5. The molecular formula is C26H27N5O4. The van der Waals surface area contributed by atoms with E-state index in [4.69, 9.17) is 9.47 Å². The maximum absolute atomic E-state index is 13.1. The van der Waals surface area contributed by atoms with Crippen LogP contribution in [0, 0.1) is 17.8 Å². The van der Waals surface area contributed by atoms with Crippen LogP contribution in [-0.2, 0) is 6.54 Å². The van der Waals surface area contributed by atoms with Crippen LogP contribution in [0.25, 0.3) is 16.9 Å². The average Bonchev–Trinajstić information content (AvgIpc) is 3.48. The van der Waals surface area contributed by atoms with Gasteiger partial charge in [0.05, 0.1) is 19.5 Å². The number of aromatic nitrogens is 5. The van der Waals surface area contributed by atoms with Crippen LogP contribution in [0.2, 0.25) is 0 Å².